The van der Waals surface area contributed by atoms with Crippen molar-refractivity contribution >= 4 is 28.6 Å². The average molecular weight is 520 g/mol. The molecular weight excluding hydrogens is 460 g/mol. The summed E-state index contributed by atoms with van der Waals surface area (Å²) in [5, 5.41) is 1.19. The monoisotopic (exact) mass is 518 g/mol. The van der Waals surface area contributed by atoms with Crippen molar-refractivity contribution in [1.29, 1.82) is 0 Å². The number of alkyl halides is 1. The molecule has 0 aromatic rings. The molecule has 31 heavy (non-hydrogen) atoms. The van der Waals surface area contributed by atoms with Crippen molar-refractivity contribution in [1.82, 2.24) is 0 Å². The van der Waals surface area contributed by atoms with Crippen molar-refractivity contribution in [3.8, 4) is 0 Å². The van der Waals surface area contributed by atoms with Crippen LogP contribution in [0, 0.1) is 0 Å². The fourth-order valence-electron chi connectivity index (χ4n) is 4.63. The number of hydrogen-bond acceptors (Lipinski definition) is 1. The van der Waals surface area contributed by atoms with Crippen LogP contribution in [-0.4, -0.2) is 11.1 Å². The zero-order chi connectivity index (χ0) is 22.5. The number of hydrogen-bond donors (Lipinski definition) is 1. The van der Waals surface area contributed by atoms with Crippen LogP contribution in [-0.2, 0) is 0 Å². The van der Waals surface area contributed by atoms with Crippen LogP contribution in [0.2, 0.25) is 0 Å². The zero-order valence-corrected chi connectivity index (χ0v) is 23.8. The van der Waals surface area contributed by atoms with Crippen molar-refractivity contribution in [3.63, 3.8) is 0 Å². The highest BCUT2D eigenvalue weighted by molar-refractivity contribution is 9.09. The molecule has 0 rings (SSSR count). The Hall–Kier alpha value is 0.830. The van der Waals surface area contributed by atoms with Gasteiger partial charge in [-0.25, -0.2) is 0 Å². The molecule has 0 nitrogen and oxygen atoms in total. The first-order valence-corrected chi connectivity index (χ1v) is 16.3. The summed E-state index contributed by atoms with van der Waals surface area (Å²) in [6.45, 7) is 0. The Morgan fingerprint density at radius 2 is 0.419 bits per heavy atom. The average Bonchev–Trinajstić information content (AvgIpc) is 2.78. The maximum Gasteiger partial charge on any atom is 0.00313 e. The first kappa shape index (κ1) is 31.8. The summed E-state index contributed by atoms with van der Waals surface area (Å²) in [7, 11) is 0. The molecule has 0 saturated heterocycles. The fourth-order valence-corrected chi connectivity index (χ4v) is 5.25. The van der Waals surface area contributed by atoms with E-state index in [1.807, 2.05) is 0 Å². The maximum atomic E-state index is 4.28. The molecule has 188 valence electrons. The lowest BCUT2D eigenvalue weighted by Gasteiger charge is -2.04. The lowest BCUT2D eigenvalue weighted by molar-refractivity contribution is 0.515. The smallest absolute Gasteiger partial charge is 0.00313 e. The zero-order valence-electron chi connectivity index (χ0n) is 21.3. The Morgan fingerprint density at radius 1 is 0.258 bits per heavy atom. The summed E-state index contributed by atoms with van der Waals surface area (Å²) < 4.78 is 0. The summed E-state index contributed by atoms with van der Waals surface area (Å²) in [4.78, 5) is 0. The molecule has 0 saturated carbocycles. The molecule has 0 aliphatic rings. The number of rotatable bonds is 28. The highest BCUT2D eigenvalue weighted by Gasteiger charge is 1.96. The van der Waals surface area contributed by atoms with Gasteiger partial charge in [0.1, 0.15) is 0 Å². The topological polar surface area (TPSA) is 0 Å². The predicted molar refractivity (Wildman–Crippen MR) is 152 cm³/mol. The van der Waals surface area contributed by atoms with E-state index in [4.69, 9.17) is 0 Å². The normalized spacial score (nSPS) is 11.4. The molecule has 0 fully saturated rings. The molecule has 0 unspecified atom stereocenters. The van der Waals surface area contributed by atoms with Gasteiger partial charge in [-0.05, 0) is 18.6 Å². The molecular formula is C29H59BrS. The Morgan fingerprint density at radius 3 is 0.581 bits per heavy atom. The van der Waals surface area contributed by atoms with Crippen molar-refractivity contribution in [3.05, 3.63) is 0 Å². The van der Waals surface area contributed by atoms with Gasteiger partial charge in [0.2, 0.25) is 0 Å². The minimum absolute atomic E-state index is 1.07. The summed E-state index contributed by atoms with van der Waals surface area (Å²) in [5.74, 6) is 1.07. The van der Waals surface area contributed by atoms with Crippen LogP contribution >= 0.6 is 28.6 Å². The quantitative estimate of drug-likeness (QED) is 0.0593. The maximum absolute atomic E-state index is 4.28. The Labute approximate surface area is 212 Å². The molecule has 2 heteroatoms. The molecule has 0 bridgehead atoms. The van der Waals surface area contributed by atoms with Crippen LogP contribution in [0.4, 0.5) is 0 Å². The van der Waals surface area contributed by atoms with Crippen molar-refractivity contribution < 1.29 is 0 Å². The predicted octanol–water partition coefficient (Wildman–Crippen LogP) is 11.8. The largest absolute Gasteiger partial charge is 0.179 e. The lowest BCUT2D eigenvalue weighted by Crippen LogP contribution is -1.85. The molecule has 0 heterocycles. The van der Waals surface area contributed by atoms with Crippen LogP contribution in [0.15, 0.2) is 0 Å². The van der Waals surface area contributed by atoms with E-state index >= 15 is 0 Å². The van der Waals surface area contributed by atoms with E-state index in [2.05, 4.69) is 28.6 Å². The van der Waals surface area contributed by atoms with Gasteiger partial charge in [-0.15, -0.1) is 0 Å². The van der Waals surface area contributed by atoms with E-state index in [0.717, 1.165) is 5.75 Å². The van der Waals surface area contributed by atoms with E-state index < -0.39 is 0 Å². The second-order valence-electron chi connectivity index (χ2n) is 9.96. The van der Waals surface area contributed by atoms with Crippen molar-refractivity contribution in [2.24, 2.45) is 0 Å². The summed E-state index contributed by atoms with van der Waals surface area (Å²) in [5.41, 5.74) is 0. The van der Waals surface area contributed by atoms with Crippen molar-refractivity contribution in [2.45, 2.75) is 173 Å². The van der Waals surface area contributed by atoms with Gasteiger partial charge in [0.15, 0.2) is 0 Å². The molecule has 0 aliphatic carbocycles. The lowest BCUT2D eigenvalue weighted by atomic mass is 10.0. The molecule has 0 aliphatic heterocycles. The molecule has 0 spiro atoms. The van der Waals surface area contributed by atoms with E-state index in [9.17, 15) is 0 Å². The SMILES string of the molecule is SCCCCCCCCCCCCCCCCCCCCCCCCCCCCCBr. The third kappa shape index (κ3) is 30.8. The molecule has 0 aromatic carbocycles. The van der Waals surface area contributed by atoms with Gasteiger partial charge >= 0.3 is 0 Å². The van der Waals surface area contributed by atoms with Gasteiger partial charge in [0, 0.05) is 5.33 Å². The van der Waals surface area contributed by atoms with Gasteiger partial charge in [0.05, 0.1) is 0 Å². The van der Waals surface area contributed by atoms with Gasteiger partial charge < -0.3 is 0 Å². The van der Waals surface area contributed by atoms with Gasteiger partial charge in [-0.3, -0.25) is 0 Å². The van der Waals surface area contributed by atoms with Gasteiger partial charge in [-0.1, -0.05) is 176 Å². The van der Waals surface area contributed by atoms with Crippen LogP contribution in [0.1, 0.15) is 173 Å². The van der Waals surface area contributed by atoms with E-state index in [1.165, 1.54) is 179 Å². The number of thiol groups is 1. The van der Waals surface area contributed by atoms with E-state index in [1.54, 1.807) is 0 Å². The first-order valence-electron chi connectivity index (χ1n) is 14.6. The molecule has 0 radical (unpaired) electrons. The second-order valence-corrected chi connectivity index (χ2v) is 11.2. The summed E-state index contributed by atoms with van der Waals surface area (Å²) >= 11 is 7.79. The van der Waals surface area contributed by atoms with E-state index in [0.29, 0.717) is 0 Å². The first-order chi connectivity index (χ1) is 15.4. The Balaban J connectivity index is 2.98. The minimum Gasteiger partial charge on any atom is -0.179 e. The molecule has 0 atom stereocenters. The van der Waals surface area contributed by atoms with Crippen LogP contribution in [0.25, 0.3) is 0 Å². The van der Waals surface area contributed by atoms with Crippen LogP contribution in [0.5, 0.6) is 0 Å². The number of unbranched alkanes of at least 4 members (excludes halogenated alkanes) is 26. The van der Waals surface area contributed by atoms with Crippen LogP contribution < -0.4 is 0 Å². The van der Waals surface area contributed by atoms with Crippen molar-refractivity contribution in [2.75, 3.05) is 11.1 Å². The minimum atomic E-state index is 1.07. The fraction of sp³-hybridized carbons (Fsp3) is 1.00. The highest BCUT2D eigenvalue weighted by Crippen LogP contribution is 2.16. The van der Waals surface area contributed by atoms with E-state index in [-0.39, 0.29) is 0 Å². The number of halogens is 1. The van der Waals surface area contributed by atoms with Gasteiger partial charge in [-0.2, -0.15) is 12.6 Å². The molecule has 0 N–H and O–H groups in total. The van der Waals surface area contributed by atoms with Gasteiger partial charge in [0.25, 0.3) is 0 Å². The Bertz CT molecular complexity index is 266. The van der Waals surface area contributed by atoms with Crippen LogP contribution in [0.3, 0.4) is 0 Å². The molecule has 0 amide bonds. The molecule has 0 aromatic heterocycles. The standard InChI is InChI=1S/C29H59BrS/c30-28-26-24-22-20-18-16-14-12-10-8-6-4-2-1-3-5-7-9-11-13-15-17-19-21-23-25-27-29-31/h31H,1-29H2. The second kappa shape index (κ2) is 30.8. The Kier molecular flexibility index (Phi) is 31.7. The highest BCUT2D eigenvalue weighted by atomic mass is 79.9. The third-order valence-corrected chi connectivity index (χ3v) is 7.67. The summed E-state index contributed by atoms with van der Waals surface area (Å²) in [6.07, 6.45) is 39.4. The third-order valence-electron chi connectivity index (χ3n) is 6.79. The summed E-state index contributed by atoms with van der Waals surface area (Å²) in [6, 6.07) is 0.